The second kappa shape index (κ2) is 6.01. The van der Waals surface area contributed by atoms with Crippen molar-refractivity contribution >= 4 is 5.91 Å². The van der Waals surface area contributed by atoms with Crippen LogP contribution in [0.15, 0.2) is 12.4 Å². The first-order valence-corrected chi connectivity index (χ1v) is 8.40. The third kappa shape index (κ3) is 2.90. The van der Waals surface area contributed by atoms with Crippen LogP contribution in [0.2, 0.25) is 0 Å². The van der Waals surface area contributed by atoms with Gasteiger partial charge in [-0.1, -0.05) is 0 Å². The fourth-order valence-corrected chi connectivity index (χ4v) is 3.81. The molecule has 0 spiro atoms. The first kappa shape index (κ1) is 14.2. The normalized spacial score (nSPS) is 29.4. The molecule has 22 heavy (non-hydrogen) atoms. The van der Waals surface area contributed by atoms with Gasteiger partial charge >= 0.3 is 0 Å². The summed E-state index contributed by atoms with van der Waals surface area (Å²) in [6.07, 6.45) is 7.69. The largest absolute Gasteiger partial charge is 0.378 e. The Balaban J connectivity index is 1.32. The van der Waals surface area contributed by atoms with E-state index in [1.807, 2.05) is 11.1 Å². The molecular weight excluding hydrogens is 280 g/mol. The van der Waals surface area contributed by atoms with Crippen LogP contribution in [0.4, 0.5) is 0 Å². The van der Waals surface area contributed by atoms with Gasteiger partial charge in [0.25, 0.3) is 0 Å². The van der Waals surface area contributed by atoms with Crippen LogP contribution >= 0.6 is 0 Å². The number of amides is 1. The van der Waals surface area contributed by atoms with Crippen molar-refractivity contribution in [3.63, 3.8) is 0 Å². The van der Waals surface area contributed by atoms with Gasteiger partial charge in [-0.2, -0.15) is 5.10 Å². The number of aromatic amines is 1. The van der Waals surface area contributed by atoms with Gasteiger partial charge in [-0.05, 0) is 30.7 Å². The van der Waals surface area contributed by atoms with Gasteiger partial charge in [0.05, 0.1) is 25.5 Å². The second-order valence-electron chi connectivity index (χ2n) is 6.78. The van der Waals surface area contributed by atoms with Crippen molar-refractivity contribution in [2.24, 2.45) is 5.92 Å². The molecule has 2 aliphatic heterocycles. The monoisotopic (exact) mass is 304 g/mol. The molecule has 120 valence electrons. The summed E-state index contributed by atoms with van der Waals surface area (Å²) in [6.45, 7) is 4.36. The summed E-state index contributed by atoms with van der Waals surface area (Å²) in [5.41, 5.74) is 1.10. The number of hydrogen-bond donors (Lipinski definition) is 1. The lowest BCUT2D eigenvalue weighted by Crippen LogP contribution is -2.63. The maximum atomic E-state index is 12.4. The van der Waals surface area contributed by atoms with E-state index < -0.39 is 0 Å². The SMILES string of the molecule is O=C(CCc1cn[nH]c1)N1CCN2[C@@H](COC[C@@H]2C2CC2)C1. The fraction of sp³-hybridized carbons (Fsp3) is 0.750. The number of fused-ring (bicyclic) bond motifs is 1. The summed E-state index contributed by atoms with van der Waals surface area (Å²) in [5, 5.41) is 6.72. The first-order valence-electron chi connectivity index (χ1n) is 8.40. The number of rotatable bonds is 4. The van der Waals surface area contributed by atoms with Gasteiger partial charge in [-0.15, -0.1) is 0 Å². The van der Waals surface area contributed by atoms with Crippen LogP contribution in [0.3, 0.4) is 0 Å². The Kier molecular flexibility index (Phi) is 3.88. The Hall–Kier alpha value is -1.40. The Labute approximate surface area is 130 Å². The Morgan fingerprint density at radius 1 is 1.36 bits per heavy atom. The van der Waals surface area contributed by atoms with Crippen molar-refractivity contribution in [1.29, 1.82) is 0 Å². The van der Waals surface area contributed by atoms with Crippen LogP contribution in [-0.4, -0.2) is 70.8 Å². The van der Waals surface area contributed by atoms with Crippen molar-refractivity contribution < 1.29 is 9.53 Å². The number of ether oxygens (including phenoxy) is 1. The van der Waals surface area contributed by atoms with Crippen LogP contribution in [0.25, 0.3) is 0 Å². The molecule has 1 N–H and O–H groups in total. The summed E-state index contributed by atoms with van der Waals surface area (Å²) in [7, 11) is 0. The number of nitrogens with one attached hydrogen (secondary N) is 1. The van der Waals surface area contributed by atoms with Gasteiger partial charge < -0.3 is 9.64 Å². The van der Waals surface area contributed by atoms with E-state index in [1.54, 1.807) is 6.20 Å². The highest BCUT2D eigenvalue weighted by Gasteiger charge is 2.43. The summed E-state index contributed by atoms with van der Waals surface area (Å²) >= 11 is 0. The maximum Gasteiger partial charge on any atom is 0.223 e. The third-order valence-corrected chi connectivity index (χ3v) is 5.25. The van der Waals surface area contributed by atoms with Crippen LogP contribution in [0.1, 0.15) is 24.8 Å². The average Bonchev–Trinajstić information content (AvgIpc) is 3.27. The zero-order chi connectivity index (χ0) is 14.9. The van der Waals surface area contributed by atoms with E-state index in [2.05, 4.69) is 15.1 Å². The molecule has 6 heteroatoms. The number of carbonyl (C=O) groups is 1. The second-order valence-corrected chi connectivity index (χ2v) is 6.78. The van der Waals surface area contributed by atoms with Crippen LogP contribution in [0.5, 0.6) is 0 Å². The summed E-state index contributed by atoms with van der Waals surface area (Å²) in [5.74, 6) is 1.10. The van der Waals surface area contributed by atoms with Crippen LogP contribution in [-0.2, 0) is 16.0 Å². The maximum absolute atomic E-state index is 12.4. The van der Waals surface area contributed by atoms with Gasteiger partial charge in [-0.25, -0.2) is 0 Å². The Morgan fingerprint density at radius 3 is 3.05 bits per heavy atom. The molecule has 0 unspecified atom stereocenters. The van der Waals surface area contributed by atoms with E-state index in [9.17, 15) is 4.79 Å². The predicted octanol–water partition coefficient (Wildman–Crippen LogP) is 0.664. The molecule has 4 rings (SSSR count). The smallest absolute Gasteiger partial charge is 0.223 e. The lowest BCUT2D eigenvalue weighted by atomic mass is 10.0. The van der Waals surface area contributed by atoms with E-state index in [4.69, 9.17) is 4.74 Å². The molecule has 2 saturated heterocycles. The van der Waals surface area contributed by atoms with Crippen molar-refractivity contribution in [2.75, 3.05) is 32.8 Å². The number of morpholine rings is 1. The van der Waals surface area contributed by atoms with Crippen molar-refractivity contribution in [1.82, 2.24) is 20.0 Å². The molecule has 3 heterocycles. The standard InChI is InChI=1S/C16H24N4O2/c21-16(4-1-12-7-17-18-8-12)19-5-6-20-14(9-19)10-22-11-15(20)13-2-3-13/h7-8,13-15H,1-6,9-11H2,(H,17,18)/t14-,15-/m1/s1. The third-order valence-electron chi connectivity index (χ3n) is 5.25. The van der Waals surface area contributed by atoms with E-state index in [-0.39, 0.29) is 5.91 Å². The molecule has 1 aliphatic carbocycles. The lowest BCUT2D eigenvalue weighted by Gasteiger charge is -2.48. The average molecular weight is 304 g/mol. The molecule has 0 aromatic carbocycles. The van der Waals surface area contributed by atoms with Gasteiger partial charge in [0.15, 0.2) is 0 Å². The molecule has 0 radical (unpaired) electrons. The topological polar surface area (TPSA) is 61.5 Å². The number of H-pyrrole nitrogens is 1. The number of piperazine rings is 1. The zero-order valence-electron chi connectivity index (χ0n) is 12.9. The van der Waals surface area contributed by atoms with E-state index >= 15 is 0 Å². The number of nitrogens with zero attached hydrogens (tertiary/aromatic N) is 3. The van der Waals surface area contributed by atoms with Gasteiger partial charge in [0, 0.05) is 38.3 Å². The van der Waals surface area contributed by atoms with E-state index in [0.29, 0.717) is 18.5 Å². The Bertz CT molecular complexity index is 514. The number of aryl methyl sites for hydroxylation is 1. The predicted molar refractivity (Wildman–Crippen MR) is 81.3 cm³/mol. The van der Waals surface area contributed by atoms with Gasteiger partial charge in [0.1, 0.15) is 0 Å². The number of hydrogen-bond acceptors (Lipinski definition) is 4. The highest BCUT2D eigenvalue weighted by Crippen LogP contribution is 2.38. The van der Waals surface area contributed by atoms with Crippen LogP contribution < -0.4 is 0 Å². The summed E-state index contributed by atoms with van der Waals surface area (Å²) < 4.78 is 5.81. The van der Waals surface area contributed by atoms with Gasteiger partial charge in [0.2, 0.25) is 5.91 Å². The van der Waals surface area contributed by atoms with Crippen molar-refractivity contribution in [3.8, 4) is 0 Å². The Morgan fingerprint density at radius 2 is 2.27 bits per heavy atom. The number of carbonyl (C=O) groups excluding carboxylic acids is 1. The minimum Gasteiger partial charge on any atom is -0.378 e. The van der Waals surface area contributed by atoms with E-state index in [1.165, 1.54) is 12.8 Å². The van der Waals surface area contributed by atoms with Crippen molar-refractivity contribution in [2.45, 2.75) is 37.8 Å². The molecule has 3 aliphatic rings. The van der Waals surface area contributed by atoms with Crippen molar-refractivity contribution in [3.05, 3.63) is 18.0 Å². The first-order chi connectivity index (χ1) is 10.8. The molecule has 3 fully saturated rings. The molecule has 0 bridgehead atoms. The molecule has 2 atom stereocenters. The molecule has 1 aromatic rings. The van der Waals surface area contributed by atoms with Gasteiger partial charge in [-0.3, -0.25) is 14.8 Å². The highest BCUT2D eigenvalue weighted by molar-refractivity contribution is 5.76. The molecule has 6 nitrogen and oxygen atoms in total. The minimum absolute atomic E-state index is 0.259. The zero-order valence-corrected chi connectivity index (χ0v) is 12.9. The summed E-state index contributed by atoms with van der Waals surface area (Å²) in [6, 6.07) is 0.993. The van der Waals surface area contributed by atoms with E-state index in [0.717, 1.165) is 50.8 Å². The fourth-order valence-electron chi connectivity index (χ4n) is 3.81. The molecular formula is C16H24N4O2. The molecule has 1 saturated carbocycles. The molecule has 1 aromatic heterocycles. The highest BCUT2D eigenvalue weighted by atomic mass is 16.5. The number of aromatic nitrogens is 2. The lowest BCUT2D eigenvalue weighted by molar-refractivity contribution is -0.140. The summed E-state index contributed by atoms with van der Waals surface area (Å²) in [4.78, 5) is 17.1. The minimum atomic E-state index is 0.259. The van der Waals surface area contributed by atoms with Crippen LogP contribution in [0, 0.1) is 5.92 Å². The quantitative estimate of drug-likeness (QED) is 0.888. The molecule has 1 amide bonds.